The van der Waals surface area contributed by atoms with E-state index in [1.165, 1.54) is 0 Å². The van der Waals surface area contributed by atoms with Crippen LogP contribution in [-0.2, 0) is 0 Å². The SMILES string of the molecule is Cc1cc(Br)c(C)nc1OCC[C@H](C)O. The van der Waals surface area contributed by atoms with E-state index in [2.05, 4.69) is 20.9 Å². The van der Waals surface area contributed by atoms with Crippen molar-refractivity contribution in [3.8, 4) is 5.88 Å². The van der Waals surface area contributed by atoms with Crippen molar-refractivity contribution in [2.75, 3.05) is 6.61 Å². The van der Waals surface area contributed by atoms with E-state index in [0.29, 0.717) is 18.9 Å². The highest BCUT2D eigenvalue weighted by Crippen LogP contribution is 2.22. The quantitative estimate of drug-likeness (QED) is 0.917. The van der Waals surface area contributed by atoms with E-state index in [9.17, 15) is 0 Å². The Morgan fingerprint density at radius 1 is 1.53 bits per heavy atom. The zero-order chi connectivity index (χ0) is 11.4. The molecule has 0 saturated heterocycles. The molecule has 0 saturated carbocycles. The number of aliphatic hydroxyl groups excluding tert-OH is 1. The monoisotopic (exact) mass is 273 g/mol. The molecule has 1 rings (SSSR count). The first-order chi connectivity index (χ1) is 7.00. The summed E-state index contributed by atoms with van der Waals surface area (Å²) in [7, 11) is 0. The Kier molecular flexibility index (Phi) is 4.54. The largest absolute Gasteiger partial charge is 0.477 e. The lowest BCUT2D eigenvalue weighted by Crippen LogP contribution is -2.09. The standard InChI is InChI=1S/C11H16BrNO2/c1-7-6-10(12)9(3)13-11(7)15-5-4-8(2)14/h6,8,14H,4-5H2,1-3H3/t8-/m0/s1. The van der Waals surface area contributed by atoms with Crippen LogP contribution in [-0.4, -0.2) is 22.8 Å². The van der Waals surface area contributed by atoms with Crippen molar-refractivity contribution in [1.82, 2.24) is 4.98 Å². The van der Waals surface area contributed by atoms with Gasteiger partial charge in [-0.05, 0) is 42.8 Å². The van der Waals surface area contributed by atoms with Gasteiger partial charge < -0.3 is 9.84 Å². The predicted molar refractivity (Wildman–Crippen MR) is 63.2 cm³/mol. The molecule has 0 aliphatic heterocycles. The highest BCUT2D eigenvalue weighted by molar-refractivity contribution is 9.10. The number of hydrogen-bond acceptors (Lipinski definition) is 3. The van der Waals surface area contributed by atoms with E-state index in [-0.39, 0.29) is 6.10 Å². The van der Waals surface area contributed by atoms with Gasteiger partial charge in [-0.2, -0.15) is 0 Å². The number of rotatable bonds is 4. The third kappa shape index (κ3) is 3.80. The van der Waals surface area contributed by atoms with Crippen LogP contribution in [0.15, 0.2) is 10.5 Å². The topological polar surface area (TPSA) is 42.4 Å². The number of pyridine rings is 1. The summed E-state index contributed by atoms with van der Waals surface area (Å²) in [5.41, 5.74) is 1.91. The Morgan fingerprint density at radius 2 is 2.20 bits per heavy atom. The van der Waals surface area contributed by atoms with Crippen LogP contribution >= 0.6 is 15.9 Å². The molecular formula is C11H16BrNO2. The van der Waals surface area contributed by atoms with Gasteiger partial charge in [0.25, 0.3) is 0 Å². The molecule has 0 aliphatic carbocycles. The van der Waals surface area contributed by atoms with Crippen molar-refractivity contribution < 1.29 is 9.84 Å². The maximum Gasteiger partial charge on any atom is 0.216 e. The molecule has 0 fully saturated rings. The van der Waals surface area contributed by atoms with E-state index >= 15 is 0 Å². The Labute approximate surface area is 98.6 Å². The van der Waals surface area contributed by atoms with E-state index in [1.807, 2.05) is 19.9 Å². The van der Waals surface area contributed by atoms with Crippen LogP contribution in [0.1, 0.15) is 24.6 Å². The minimum absolute atomic E-state index is 0.332. The third-order valence-electron chi connectivity index (χ3n) is 2.07. The summed E-state index contributed by atoms with van der Waals surface area (Å²) in [6, 6.07) is 1.99. The van der Waals surface area contributed by atoms with E-state index < -0.39 is 0 Å². The van der Waals surface area contributed by atoms with Crippen molar-refractivity contribution >= 4 is 15.9 Å². The van der Waals surface area contributed by atoms with Crippen LogP contribution in [0.5, 0.6) is 5.88 Å². The molecule has 0 spiro atoms. The van der Waals surface area contributed by atoms with Gasteiger partial charge in [0.15, 0.2) is 0 Å². The van der Waals surface area contributed by atoms with Crippen LogP contribution in [0, 0.1) is 13.8 Å². The molecule has 4 heteroatoms. The van der Waals surface area contributed by atoms with Gasteiger partial charge in [-0.3, -0.25) is 0 Å². The van der Waals surface area contributed by atoms with Gasteiger partial charge in [0, 0.05) is 16.5 Å². The molecule has 84 valence electrons. The Hall–Kier alpha value is -0.610. The van der Waals surface area contributed by atoms with Crippen molar-refractivity contribution in [1.29, 1.82) is 0 Å². The Morgan fingerprint density at radius 3 is 2.80 bits per heavy atom. The second kappa shape index (κ2) is 5.47. The lowest BCUT2D eigenvalue weighted by Gasteiger charge is -2.10. The number of ether oxygens (including phenoxy) is 1. The molecule has 0 radical (unpaired) electrons. The molecule has 1 N–H and O–H groups in total. The van der Waals surface area contributed by atoms with Crippen molar-refractivity contribution in [3.05, 3.63) is 21.8 Å². The lowest BCUT2D eigenvalue weighted by atomic mass is 10.2. The van der Waals surface area contributed by atoms with Crippen LogP contribution in [0.4, 0.5) is 0 Å². The molecule has 0 aliphatic rings. The first-order valence-corrected chi connectivity index (χ1v) is 5.74. The summed E-state index contributed by atoms with van der Waals surface area (Å²) in [5, 5.41) is 9.09. The van der Waals surface area contributed by atoms with Crippen LogP contribution in [0.25, 0.3) is 0 Å². The smallest absolute Gasteiger partial charge is 0.216 e. The summed E-state index contributed by atoms with van der Waals surface area (Å²) >= 11 is 3.41. The van der Waals surface area contributed by atoms with Crippen LogP contribution in [0.2, 0.25) is 0 Å². The third-order valence-corrected chi connectivity index (χ3v) is 2.87. The predicted octanol–water partition coefficient (Wildman–Crippen LogP) is 2.61. The number of hydrogen-bond donors (Lipinski definition) is 1. The second-order valence-corrected chi connectivity index (χ2v) is 4.52. The fourth-order valence-electron chi connectivity index (χ4n) is 1.12. The number of halogens is 1. The normalized spacial score (nSPS) is 12.6. The zero-order valence-electron chi connectivity index (χ0n) is 9.25. The molecule has 0 aromatic carbocycles. The molecule has 0 bridgehead atoms. The summed E-state index contributed by atoms with van der Waals surface area (Å²) in [4.78, 5) is 4.32. The molecule has 15 heavy (non-hydrogen) atoms. The number of aliphatic hydroxyl groups is 1. The summed E-state index contributed by atoms with van der Waals surface area (Å²) in [6.07, 6.45) is 0.290. The number of nitrogens with zero attached hydrogens (tertiary/aromatic N) is 1. The molecule has 1 aromatic heterocycles. The van der Waals surface area contributed by atoms with Gasteiger partial charge in [0.2, 0.25) is 5.88 Å². The molecule has 0 unspecified atom stereocenters. The van der Waals surface area contributed by atoms with E-state index in [1.54, 1.807) is 6.92 Å². The minimum Gasteiger partial charge on any atom is -0.477 e. The average molecular weight is 274 g/mol. The van der Waals surface area contributed by atoms with Gasteiger partial charge in [-0.25, -0.2) is 4.98 Å². The summed E-state index contributed by atoms with van der Waals surface area (Å²) < 4.78 is 6.48. The average Bonchev–Trinajstić information content (AvgIpc) is 2.13. The maximum absolute atomic E-state index is 9.09. The van der Waals surface area contributed by atoms with Gasteiger partial charge in [-0.15, -0.1) is 0 Å². The molecule has 3 nitrogen and oxygen atoms in total. The molecule has 1 heterocycles. The molecule has 0 amide bonds. The Balaban J connectivity index is 2.65. The summed E-state index contributed by atoms with van der Waals surface area (Å²) in [5.74, 6) is 0.649. The van der Waals surface area contributed by atoms with Crippen LogP contribution < -0.4 is 4.74 Å². The highest BCUT2D eigenvalue weighted by atomic mass is 79.9. The van der Waals surface area contributed by atoms with Gasteiger partial charge in [0.05, 0.1) is 18.4 Å². The van der Waals surface area contributed by atoms with Crippen molar-refractivity contribution in [2.45, 2.75) is 33.3 Å². The van der Waals surface area contributed by atoms with Crippen molar-refractivity contribution in [3.63, 3.8) is 0 Å². The fraction of sp³-hybridized carbons (Fsp3) is 0.545. The summed E-state index contributed by atoms with van der Waals surface area (Å²) in [6.45, 7) is 6.11. The molecular weight excluding hydrogens is 258 g/mol. The van der Waals surface area contributed by atoms with Gasteiger partial charge in [-0.1, -0.05) is 0 Å². The van der Waals surface area contributed by atoms with E-state index in [0.717, 1.165) is 15.7 Å². The van der Waals surface area contributed by atoms with Gasteiger partial charge >= 0.3 is 0 Å². The minimum atomic E-state index is -0.332. The number of aromatic nitrogens is 1. The van der Waals surface area contributed by atoms with Crippen molar-refractivity contribution in [2.24, 2.45) is 0 Å². The number of aryl methyl sites for hydroxylation is 2. The second-order valence-electron chi connectivity index (χ2n) is 3.66. The first kappa shape index (κ1) is 12.5. The molecule has 1 atom stereocenters. The lowest BCUT2D eigenvalue weighted by molar-refractivity contribution is 0.153. The highest BCUT2D eigenvalue weighted by Gasteiger charge is 2.06. The molecule has 1 aromatic rings. The Bertz CT molecular complexity index is 340. The maximum atomic E-state index is 9.09. The fourth-order valence-corrected chi connectivity index (χ4v) is 1.55. The first-order valence-electron chi connectivity index (χ1n) is 4.95. The van der Waals surface area contributed by atoms with Crippen LogP contribution in [0.3, 0.4) is 0 Å². The van der Waals surface area contributed by atoms with Gasteiger partial charge in [0.1, 0.15) is 0 Å². The zero-order valence-corrected chi connectivity index (χ0v) is 10.8. The van der Waals surface area contributed by atoms with E-state index in [4.69, 9.17) is 9.84 Å².